The third-order valence-corrected chi connectivity index (χ3v) is 2.93. The first-order chi connectivity index (χ1) is 9.60. The van der Waals surface area contributed by atoms with Gasteiger partial charge in [-0.15, -0.1) is 0 Å². The van der Waals surface area contributed by atoms with E-state index in [9.17, 15) is 4.39 Å². The lowest BCUT2D eigenvalue weighted by molar-refractivity contribution is 0.627. The van der Waals surface area contributed by atoms with Gasteiger partial charge in [-0.25, -0.2) is 14.4 Å². The molecule has 2 N–H and O–H groups in total. The van der Waals surface area contributed by atoms with Crippen molar-refractivity contribution in [3.63, 3.8) is 0 Å². The summed E-state index contributed by atoms with van der Waals surface area (Å²) in [6.45, 7) is 6.75. The summed E-state index contributed by atoms with van der Waals surface area (Å²) in [4.78, 5) is 8.43. The molecule has 0 amide bonds. The maximum absolute atomic E-state index is 13.4. The van der Waals surface area contributed by atoms with E-state index in [-0.39, 0.29) is 5.82 Å². The highest BCUT2D eigenvalue weighted by atomic mass is 19.1. The van der Waals surface area contributed by atoms with Gasteiger partial charge in [-0.2, -0.15) is 0 Å². The minimum atomic E-state index is -0.261. The van der Waals surface area contributed by atoms with E-state index < -0.39 is 0 Å². The van der Waals surface area contributed by atoms with Crippen molar-refractivity contribution in [3.05, 3.63) is 41.5 Å². The lowest BCUT2D eigenvalue weighted by Gasteiger charge is -2.13. The van der Waals surface area contributed by atoms with Gasteiger partial charge in [0.15, 0.2) is 0 Å². The molecule has 0 aliphatic carbocycles. The van der Waals surface area contributed by atoms with Gasteiger partial charge in [0.05, 0.1) is 0 Å². The molecule has 0 saturated carbocycles. The Labute approximate surface area is 118 Å². The largest absolute Gasteiger partial charge is 0.370 e. The van der Waals surface area contributed by atoms with E-state index in [1.807, 2.05) is 19.9 Å². The highest BCUT2D eigenvalue weighted by Crippen LogP contribution is 2.23. The summed E-state index contributed by atoms with van der Waals surface area (Å²) >= 11 is 0. The molecule has 0 atom stereocenters. The van der Waals surface area contributed by atoms with Crippen LogP contribution in [0.1, 0.15) is 24.5 Å². The molecule has 0 bridgehead atoms. The van der Waals surface area contributed by atoms with Gasteiger partial charge in [0, 0.05) is 17.8 Å². The Morgan fingerprint density at radius 2 is 1.85 bits per heavy atom. The average molecular weight is 274 g/mol. The number of aryl methyl sites for hydroxylation is 1. The fourth-order valence-corrected chi connectivity index (χ4v) is 1.94. The number of hydrogen-bond donors (Lipinski definition) is 2. The van der Waals surface area contributed by atoms with E-state index in [1.165, 1.54) is 18.5 Å². The number of rotatable bonds is 5. The second-order valence-corrected chi connectivity index (χ2v) is 4.76. The molecule has 0 spiro atoms. The molecule has 0 radical (unpaired) electrons. The number of aromatic nitrogens is 2. The molecule has 1 aromatic carbocycles. The number of anilines is 3. The Morgan fingerprint density at radius 1 is 1.10 bits per heavy atom. The van der Waals surface area contributed by atoms with Crippen LogP contribution in [0.4, 0.5) is 21.7 Å². The van der Waals surface area contributed by atoms with Crippen molar-refractivity contribution in [1.82, 2.24) is 9.97 Å². The minimum absolute atomic E-state index is 0.261. The monoisotopic (exact) mass is 274 g/mol. The van der Waals surface area contributed by atoms with Gasteiger partial charge in [-0.3, -0.25) is 0 Å². The van der Waals surface area contributed by atoms with Crippen molar-refractivity contribution >= 4 is 17.3 Å². The summed E-state index contributed by atoms with van der Waals surface area (Å²) in [7, 11) is 0. The zero-order valence-electron chi connectivity index (χ0n) is 12.0. The summed E-state index contributed by atoms with van der Waals surface area (Å²) in [5, 5.41) is 6.39. The first-order valence-corrected chi connectivity index (χ1v) is 6.70. The van der Waals surface area contributed by atoms with Crippen molar-refractivity contribution < 1.29 is 4.39 Å². The fourth-order valence-electron chi connectivity index (χ4n) is 1.94. The lowest BCUT2D eigenvalue weighted by Crippen LogP contribution is -2.07. The first kappa shape index (κ1) is 14.2. The quantitative estimate of drug-likeness (QED) is 0.870. The van der Waals surface area contributed by atoms with Crippen LogP contribution in [0.5, 0.6) is 0 Å². The standard InChI is InChI=1S/C15H19FN4/c1-4-5-17-14-11(3)15(19-9-18-14)20-13-7-10(2)6-12(16)8-13/h6-9H,4-5H2,1-3H3,(H2,17,18,19,20). The smallest absolute Gasteiger partial charge is 0.138 e. The Hall–Kier alpha value is -2.17. The second-order valence-electron chi connectivity index (χ2n) is 4.76. The third-order valence-electron chi connectivity index (χ3n) is 2.93. The lowest BCUT2D eigenvalue weighted by atomic mass is 10.2. The molecule has 1 aromatic heterocycles. The summed E-state index contributed by atoms with van der Waals surface area (Å²) in [5.41, 5.74) is 2.47. The molecule has 2 aromatic rings. The van der Waals surface area contributed by atoms with Crippen molar-refractivity contribution in [2.45, 2.75) is 27.2 Å². The molecule has 0 fully saturated rings. The van der Waals surface area contributed by atoms with Crippen LogP contribution in [0.15, 0.2) is 24.5 Å². The molecule has 0 aliphatic heterocycles. The Kier molecular flexibility index (Phi) is 4.50. The van der Waals surface area contributed by atoms with Crippen LogP contribution >= 0.6 is 0 Å². The SMILES string of the molecule is CCCNc1ncnc(Nc2cc(C)cc(F)c2)c1C. The predicted molar refractivity (Wildman–Crippen MR) is 80.0 cm³/mol. The number of halogens is 1. The zero-order valence-corrected chi connectivity index (χ0v) is 12.0. The Morgan fingerprint density at radius 3 is 2.55 bits per heavy atom. The summed E-state index contributed by atoms with van der Waals surface area (Å²) in [5.74, 6) is 1.23. The van der Waals surface area contributed by atoms with Crippen LogP contribution in [-0.4, -0.2) is 16.5 Å². The van der Waals surface area contributed by atoms with Gasteiger partial charge in [-0.05, 0) is 44.0 Å². The molecular weight excluding hydrogens is 255 g/mol. The van der Waals surface area contributed by atoms with Gasteiger partial charge in [0.25, 0.3) is 0 Å². The Bertz CT molecular complexity index is 578. The van der Waals surface area contributed by atoms with Crippen molar-refractivity contribution in [2.75, 3.05) is 17.2 Å². The van der Waals surface area contributed by atoms with Crippen molar-refractivity contribution in [2.24, 2.45) is 0 Å². The Balaban J connectivity index is 2.24. The van der Waals surface area contributed by atoms with Crippen molar-refractivity contribution in [1.29, 1.82) is 0 Å². The van der Waals surface area contributed by atoms with E-state index in [2.05, 4.69) is 27.5 Å². The number of nitrogens with one attached hydrogen (secondary N) is 2. The second kappa shape index (κ2) is 6.32. The number of nitrogens with zero attached hydrogens (tertiary/aromatic N) is 2. The van der Waals surface area contributed by atoms with Crippen LogP contribution in [0, 0.1) is 19.7 Å². The molecule has 20 heavy (non-hydrogen) atoms. The summed E-state index contributed by atoms with van der Waals surface area (Å²) in [6, 6.07) is 4.82. The van der Waals surface area contributed by atoms with Gasteiger partial charge in [0.1, 0.15) is 23.8 Å². The van der Waals surface area contributed by atoms with Crippen LogP contribution in [0.3, 0.4) is 0 Å². The van der Waals surface area contributed by atoms with Crippen molar-refractivity contribution in [3.8, 4) is 0 Å². The molecule has 4 nitrogen and oxygen atoms in total. The fraction of sp³-hybridized carbons (Fsp3) is 0.333. The first-order valence-electron chi connectivity index (χ1n) is 6.70. The molecule has 0 aliphatic rings. The topological polar surface area (TPSA) is 49.8 Å². The van der Waals surface area contributed by atoms with Gasteiger partial charge in [0.2, 0.25) is 0 Å². The summed E-state index contributed by atoms with van der Waals surface area (Å²) in [6.07, 6.45) is 2.52. The maximum Gasteiger partial charge on any atom is 0.138 e. The van der Waals surface area contributed by atoms with Crippen LogP contribution in [-0.2, 0) is 0 Å². The number of hydrogen-bond acceptors (Lipinski definition) is 4. The van der Waals surface area contributed by atoms with Gasteiger partial charge in [-0.1, -0.05) is 6.92 Å². The molecule has 1 heterocycles. The normalized spacial score (nSPS) is 10.4. The van der Waals surface area contributed by atoms with Crippen LogP contribution < -0.4 is 10.6 Å². The predicted octanol–water partition coefficient (Wildman–Crippen LogP) is 3.80. The molecule has 2 rings (SSSR count). The highest BCUT2D eigenvalue weighted by Gasteiger charge is 2.07. The zero-order chi connectivity index (χ0) is 14.5. The molecule has 106 valence electrons. The average Bonchev–Trinajstić information content (AvgIpc) is 2.38. The molecular formula is C15H19FN4. The van der Waals surface area contributed by atoms with E-state index >= 15 is 0 Å². The van der Waals surface area contributed by atoms with E-state index in [4.69, 9.17) is 0 Å². The van der Waals surface area contributed by atoms with E-state index in [0.29, 0.717) is 11.5 Å². The third kappa shape index (κ3) is 3.44. The summed E-state index contributed by atoms with van der Waals surface area (Å²) < 4.78 is 13.4. The molecule has 5 heteroatoms. The minimum Gasteiger partial charge on any atom is -0.370 e. The molecule has 0 saturated heterocycles. The molecule has 0 unspecified atom stereocenters. The van der Waals surface area contributed by atoms with Crippen LogP contribution in [0.25, 0.3) is 0 Å². The van der Waals surface area contributed by atoms with E-state index in [1.54, 1.807) is 0 Å². The van der Waals surface area contributed by atoms with Gasteiger partial charge < -0.3 is 10.6 Å². The van der Waals surface area contributed by atoms with Gasteiger partial charge >= 0.3 is 0 Å². The maximum atomic E-state index is 13.4. The van der Waals surface area contributed by atoms with Crippen LogP contribution in [0.2, 0.25) is 0 Å². The van der Waals surface area contributed by atoms with E-state index in [0.717, 1.165) is 29.9 Å². The highest BCUT2D eigenvalue weighted by molar-refractivity contribution is 5.64. The number of benzene rings is 1.